The summed E-state index contributed by atoms with van der Waals surface area (Å²) >= 11 is 1.72. The molecule has 0 bridgehead atoms. The number of thioether (sulfide) groups is 1. The second-order valence-electron chi connectivity index (χ2n) is 3.40. The van der Waals surface area contributed by atoms with Gasteiger partial charge in [-0.05, 0) is 12.1 Å². The normalized spacial score (nSPS) is 9.83. The summed E-state index contributed by atoms with van der Waals surface area (Å²) in [5.41, 5.74) is 0.465. The van der Waals surface area contributed by atoms with Gasteiger partial charge in [0, 0.05) is 18.1 Å². The van der Waals surface area contributed by atoms with Crippen molar-refractivity contribution in [3.8, 4) is 5.75 Å². The Morgan fingerprint density at radius 3 is 3.00 bits per heavy atom. The van der Waals surface area contributed by atoms with Crippen molar-refractivity contribution in [1.82, 2.24) is 0 Å². The number of hydrogen-bond donors (Lipinski definition) is 1. The third kappa shape index (κ3) is 3.96. The highest BCUT2D eigenvalue weighted by molar-refractivity contribution is 7.99. The third-order valence-corrected chi connectivity index (χ3v) is 3.16. The number of nitrogens with one attached hydrogen (secondary N) is 1. The molecule has 0 saturated carbocycles. The van der Waals surface area contributed by atoms with Crippen LogP contribution in [0.3, 0.4) is 0 Å². The maximum Gasteiger partial charge on any atom is 0.333 e. The minimum absolute atomic E-state index is 0.0197. The Morgan fingerprint density at radius 2 is 2.39 bits per heavy atom. The molecule has 6 heteroatoms. The van der Waals surface area contributed by atoms with E-state index >= 15 is 0 Å². The molecule has 1 aromatic rings. The van der Waals surface area contributed by atoms with Crippen molar-refractivity contribution in [3.05, 3.63) is 41.0 Å². The van der Waals surface area contributed by atoms with Crippen molar-refractivity contribution in [3.63, 3.8) is 0 Å². The molecule has 1 aromatic carbocycles. The van der Waals surface area contributed by atoms with Gasteiger partial charge in [0.15, 0.2) is 5.75 Å². The van der Waals surface area contributed by atoms with Gasteiger partial charge in [-0.15, -0.1) is 6.58 Å². The molecule has 0 radical (unpaired) electrons. The van der Waals surface area contributed by atoms with Crippen LogP contribution in [-0.2, 0) is 0 Å². The summed E-state index contributed by atoms with van der Waals surface area (Å²) in [6, 6.07) is 4.99. The van der Waals surface area contributed by atoms with Crippen LogP contribution in [0.25, 0.3) is 0 Å². The fraction of sp³-hybridized carbons (Fsp3) is 0.333. The first-order valence-corrected chi connectivity index (χ1v) is 6.60. The standard InChI is InChI=1S/C12H16N2O3S/c1-3-8-18-9-7-13-10-5-4-6-11(17-2)12(10)14(15)16/h3-6,13H,1,7-9H2,2H3. The maximum atomic E-state index is 11.0. The van der Waals surface area contributed by atoms with Crippen LogP contribution in [0.5, 0.6) is 5.75 Å². The second-order valence-corrected chi connectivity index (χ2v) is 4.55. The molecule has 0 aliphatic carbocycles. The molecule has 1 N–H and O–H groups in total. The van der Waals surface area contributed by atoms with Crippen molar-refractivity contribution in [2.75, 3.05) is 30.5 Å². The lowest BCUT2D eigenvalue weighted by molar-refractivity contribution is -0.384. The van der Waals surface area contributed by atoms with Gasteiger partial charge in [0.2, 0.25) is 0 Å². The number of ether oxygens (including phenoxy) is 1. The van der Waals surface area contributed by atoms with Crippen LogP contribution < -0.4 is 10.1 Å². The summed E-state index contributed by atoms with van der Waals surface area (Å²) in [5.74, 6) is 2.01. The Hall–Kier alpha value is -1.69. The molecular formula is C12H16N2O3S. The summed E-state index contributed by atoms with van der Waals surface area (Å²) in [7, 11) is 1.42. The maximum absolute atomic E-state index is 11.0. The molecule has 0 amide bonds. The van der Waals surface area contributed by atoms with Gasteiger partial charge in [-0.25, -0.2) is 0 Å². The van der Waals surface area contributed by atoms with Gasteiger partial charge in [-0.1, -0.05) is 12.1 Å². The van der Waals surface area contributed by atoms with Crippen LogP contribution in [0.2, 0.25) is 0 Å². The highest BCUT2D eigenvalue weighted by Crippen LogP contribution is 2.34. The van der Waals surface area contributed by atoms with Crippen LogP contribution in [0, 0.1) is 10.1 Å². The number of methoxy groups -OCH3 is 1. The molecule has 0 aromatic heterocycles. The van der Waals surface area contributed by atoms with E-state index in [4.69, 9.17) is 4.74 Å². The first-order valence-electron chi connectivity index (χ1n) is 5.44. The van der Waals surface area contributed by atoms with Gasteiger partial charge < -0.3 is 10.1 Å². The van der Waals surface area contributed by atoms with Crippen molar-refractivity contribution in [1.29, 1.82) is 0 Å². The third-order valence-electron chi connectivity index (χ3n) is 2.20. The average Bonchev–Trinajstić information content (AvgIpc) is 2.37. The van der Waals surface area contributed by atoms with E-state index in [1.165, 1.54) is 7.11 Å². The van der Waals surface area contributed by atoms with Crippen molar-refractivity contribution in [2.45, 2.75) is 0 Å². The summed E-state index contributed by atoms with van der Waals surface area (Å²) in [6.07, 6.45) is 1.83. The number of nitro benzene ring substituents is 1. The topological polar surface area (TPSA) is 64.4 Å². The summed E-state index contributed by atoms with van der Waals surface area (Å²) < 4.78 is 4.99. The molecule has 0 atom stereocenters. The van der Waals surface area contributed by atoms with E-state index in [2.05, 4.69) is 11.9 Å². The molecule has 0 spiro atoms. The van der Waals surface area contributed by atoms with E-state index in [1.807, 2.05) is 6.08 Å². The molecular weight excluding hydrogens is 252 g/mol. The highest BCUT2D eigenvalue weighted by atomic mass is 32.2. The Morgan fingerprint density at radius 1 is 1.61 bits per heavy atom. The van der Waals surface area contributed by atoms with E-state index in [-0.39, 0.29) is 11.4 Å². The molecule has 0 fully saturated rings. The van der Waals surface area contributed by atoms with Gasteiger partial charge >= 0.3 is 5.69 Å². The second kappa shape index (κ2) is 7.60. The smallest absolute Gasteiger partial charge is 0.333 e. The largest absolute Gasteiger partial charge is 0.490 e. The zero-order valence-corrected chi connectivity index (χ0v) is 11.0. The Labute approximate surface area is 110 Å². The van der Waals surface area contributed by atoms with Crippen molar-refractivity contribution < 1.29 is 9.66 Å². The lowest BCUT2D eigenvalue weighted by atomic mass is 10.2. The van der Waals surface area contributed by atoms with E-state index in [9.17, 15) is 10.1 Å². The number of nitrogens with zero attached hydrogens (tertiary/aromatic N) is 1. The number of nitro groups is 1. The molecule has 5 nitrogen and oxygen atoms in total. The Balaban J connectivity index is 2.69. The number of anilines is 1. The number of benzene rings is 1. The van der Waals surface area contributed by atoms with Crippen LogP contribution in [-0.4, -0.2) is 30.1 Å². The SMILES string of the molecule is C=CCSCCNc1cccc(OC)c1[N+](=O)[O-]. The van der Waals surface area contributed by atoms with Crippen LogP contribution in [0.4, 0.5) is 11.4 Å². The number of rotatable bonds is 8. The fourth-order valence-electron chi connectivity index (χ4n) is 1.44. The van der Waals surface area contributed by atoms with Crippen molar-refractivity contribution in [2.24, 2.45) is 0 Å². The lowest BCUT2D eigenvalue weighted by Gasteiger charge is -2.09. The Kier molecular flexibility index (Phi) is 6.07. The number of hydrogen-bond acceptors (Lipinski definition) is 5. The molecule has 18 heavy (non-hydrogen) atoms. The van der Waals surface area contributed by atoms with E-state index in [1.54, 1.807) is 30.0 Å². The predicted molar refractivity (Wildman–Crippen MR) is 75.7 cm³/mol. The van der Waals surface area contributed by atoms with Gasteiger partial charge in [0.1, 0.15) is 5.69 Å². The van der Waals surface area contributed by atoms with Crippen LogP contribution >= 0.6 is 11.8 Å². The molecule has 0 unspecified atom stereocenters. The monoisotopic (exact) mass is 268 g/mol. The van der Waals surface area contributed by atoms with E-state index in [0.717, 1.165) is 11.5 Å². The van der Waals surface area contributed by atoms with Crippen LogP contribution in [0.15, 0.2) is 30.9 Å². The van der Waals surface area contributed by atoms with E-state index in [0.29, 0.717) is 12.2 Å². The number of para-hydroxylation sites is 1. The van der Waals surface area contributed by atoms with Crippen LogP contribution in [0.1, 0.15) is 0 Å². The highest BCUT2D eigenvalue weighted by Gasteiger charge is 2.19. The van der Waals surface area contributed by atoms with Gasteiger partial charge in [-0.2, -0.15) is 11.8 Å². The van der Waals surface area contributed by atoms with Gasteiger partial charge in [0.25, 0.3) is 0 Å². The van der Waals surface area contributed by atoms with Crippen molar-refractivity contribution >= 4 is 23.1 Å². The minimum atomic E-state index is -0.432. The quantitative estimate of drug-likeness (QED) is 0.340. The molecule has 0 aliphatic rings. The lowest BCUT2D eigenvalue weighted by Crippen LogP contribution is -2.07. The van der Waals surface area contributed by atoms with Gasteiger partial charge in [0.05, 0.1) is 12.0 Å². The first kappa shape index (κ1) is 14.4. The molecule has 1 rings (SSSR count). The zero-order chi connectivity index (χ0) is 13.4. The summed E-state index contributed by atoms with van der Waals surface area (Å²) in [5, 5.41) is 14.1. The summed E-state index contributed by atoms with van der Waals surface area (Å²) in [4.78, 5) is 10.6. The molecule has 0 aliphatic heterocycles. The van der Waals surface area contributed by atoms with Gasteiger partial charge in [-0.3, -0.25) is 10.1 Å². The fourth-order valence-corrected chi connectivity index (χ4v) is 2.02. The zero-order valence-electron chi connectivity index (χ0n) is 10.2. The Bertz CT molecular complexity index is 424. The minimum Gasteiger partial charge on any atom is -0.490 e. The predicted octanol–water partition coefficient (Wildman–Crippen LogP) is 2.93. The molecule has 0 saturated heterocycles. The molecule has 98 valence electrons. The summed E-state index contributed by atoms with van der Waals surface area (Å²) in [6.45, 7) is 4.29. The average molecular weight is 268 g/mol. The van der Waals surface area contributed by atoms with E-state index < -0.39 is 4.92 Å². The molecule has 0 heterocycles. The first-order chi connectivity index (χ1) is 8.70.